The van der Waals surface area contributed by atoms with E-state index in [0.717, 1.165) is 5.56 Å². The molecule has 0 aliphatic carbocycles. The Morgan fingerprint density at radius 1 is 1.57 bits per heavy atom. The fourth-order valence-corrected chi connectivity index (χ4v) is 1.06. The summed E-state index contributed by atoms with van der Waals surface area (Å²) in [5.41, 5.74) is 6.41. The maximum Gasteiger partial charge on any atom is 0.308 e. The van der Waals surface area contributed by atoms with E-state index in [2.05, 4.69) is 0 Å². The van der Waals surface area contributed by atoms with Gasteiger partial charge in [-0.3, -0.25) is 4.79 Å². The van der Waals surface area contributed by atoms with Gasteiger partial charge in [0.2, 0.25) is 0 Å². The average Bonchev–Trinajstić information content (AvgIpc) is 2.07. The Morgan fingerprint density at radius 2 is 2.21 bits per heavy atom. The summed E-state index contributed by atoms with van der Waals surface area (Å²) < 4.78 is 4.75. The number of nitrogens with two attached hydrogens (primary N) is 1. The van der Waals surface area contributed by atoms with E-state index in [1.807, 2.05) is 0 Å². The second-order valence-corrected chi connectivity index (χ2v) is 3.11. The van der Waals surface area contributed by atoms with Crippen molar-refractivity contribution in [2.24, 2.45) is 5.73 Å². The van der Waals surface area contributed by atoms with Crippen LogP contribution in [0.2, 0.25) is 0 Å². The number of rotatable bonds is 2. The molecule has 1 aromatic rings. The average molecular weight is 195 g/mol. The number of hydrogen-bond acceptors (Lipinski definition) is 4. The number of carbonyl (C=O) groups excluding carboxylic acids is 1. The first-order valence-electron chi connectivity index (χ1n) is 4.27. The van der Waals surface area contributed by atoms with E-state index in [-0.39, 0.29) is 17.5 Å². The Kier molecular flexibility index (Phi) is 3.09. The molecular formula is C10H13NO3. The van der Waals surface area contributed by atoms with Crippen LogP contribution in [-0.2, 0) is 4.79 Å². The quantitative estimate of drug-likeness (QED) is 0.551. The van der Waals surface area contributed by atoms with Crippen LogP contribution < -0.4 is 10.5 Å². The maximum absolute atomic E-state index is 10.6. The normalized spacial score (nSPS) is 12.2. The van der Waals surface area contributed by atoms with Crippen LogP contribution in [0.3, 0.4) is 0 Å². The van der Waals surface area contributed by atoms with E-state index in [9.17, 15) is 9.90 Å². The van der Waals surface area contributed by atoms with E-state index in [0.29, 0.717) is 0 Å². The van der Waals surface area contributed by atoms with Gasteiger partial charge in [-0.1, -0.05) is 6.07 Å². The smallest absolute Gasteiger partial charge is 0.308 e. The number of aromatic hydroxyl groups is 1. The Bertz CT molecular complexity index is 347. The van der Waals surface area contributed by atoms with Crippen molar-refractivity contribution in [2.75, 3.05) is 0 Å². The fraction of sp³-hybridized carbons (Fsp3) is 0.300. The van der Waals surface area contributed by atoms with E-state index in [1.165, 1.54) is 19.1 Å². The molecule has 14 heavy (non-hydrogen) atoms. The molecule has 0 radical (unpaired) electrons. The second kappa shape index (κ2) is 4.11. The minimum Gasteiger partial charge on any atom is -0.504 e. The van der Waals surface area contributed by atoms with Gasteiger partial charge < -0.3 is 15.6 Å². The number of phenolic OH excluding ortho intramolecular Hbond substituents is 1. The van der Waals surface area contributed by atoms with E-state index >= 15 is 0 Å². The highest BCUT2D eigenvalue weighted by molar-refractivity contribution is 5.70. The molecule has 0 bridgehead atoms. The van der Waals surface area contributed by atoms with E-state index in [4.69, 9.17) is 10.5 Å². The molecule has 0 fully saturated rings. The van der Waals surface area contributed by atoms with Crippen molar-refractivity contribution in [1.29, 1.82) is 0 Å². The molecule has 0 saturated heterocycles. The molecule has 0 aliphatic rings. The van der Waals surface area contributed by atoms with Crippen LogP contribution in [0.5, 0.6) is 11.5 Å². The lowest BCUT2D eigenvalue weighted by Gasteiger charge is -2.08. The van der Waals surface area contributed by atoms with Gasteiger partial charge in [0.25, 0.3) is 0 Å². The van der Waals surface area contributed by atoms with Gasteiger partial charge in [0, 0.05) is 13.0 Å². The van der Waals surface area contributed by atoms with Gasteiger partial charge in [-0.05, 0) is 24.6 Å². The lowest BCUT2D eigenvalue weighted by molar-refractivity contribution is -0.132. The molecule has 3 N–H and O–H groups in total. The number of ether oxygens (including phenoxy) is 1. The number of carbonyl (C=O) groups is 1. The highest BCUT2D eigenvalue weighted by atomic mass is 16.5. The van der Waals surface area contributed by atoms with Crippen molar-refractivity contribution < 1.29 is 14.6 Å². The molecule has 1 aromatic carbocycles. The standard InChI is InChI=1S/C10H13NO3/c1-6(11)8-3-4-10(9(13)5-8)14-7(2)12/h3-6,13H,11H2,1-2H3/t6-/m0/s1. The summed E-state index contributed by atoms with van der Waals surface area (Å²) in [6, 6.07) is 4.56. The molecule has 1 atom stereocenters. The van der Waals surface area contributed by atoms with Crippen LogP contribution in [0.15, 0.2) is 18.2 Å². The van der Waals surface area contributed by atoms with Crippen LogP contribution in [0, 0.1) is 0 Å². The third-order valence-corrected chi connectivity index (χ3v) is 1.76. The van der Waals surface area contributed by atoms with Crippen LogP contribution in [0.1, 0.15) is 25.5 Å². The third-order valence-electron chi connectivity index (χ3n) is 1.76. The molecule has 0 saturated carbocycles. The Morgan fingerprint density at radius 3 is 2.64 bits per heavy atom. The van der Waals surface area contributed by atoms with Crippen LogP contribution in [0.25, 0.3) is 0 Å². The predicted octanol–water partition coefficient (Wildman–Crippen LogP) is 1.34. The van der Waals surface area contributed by atoms with Crippen molar-refractivity contribution in [3.8, 4) is 11.5 Å². The highest BCUT2D eigenvalue weighted by Gasteiger charge is 2.07. The molecule has 4 nitrogen and oxygen atoms in total. The van der Waals surface area contributed by atoms with Crippen LogP contribution in [0.4, 0.5) is 0 Å². The minimum absolute atomic E-state index is 0.0741. The van der Waals surface area contributed by atoms with Crippen molar-refractivity contribution in [1.82, 2.24) is 0 Å². The number of phenols is 1. The number of hydrogen-bond donors (Lipinski definition) is 2. The van der Waals surface area contributed by atoms with Gasteiger partial charge >= 0.3 is 5.97 Å². The first kappa shape index (κ1) is 10.5. The molecule has 1 rings (SSSR count). The Balaban J connectivity index is 2.95. The first-order valence-corrected chi connectivity index (χ1v) is 4.27. The van der Waals surface area contributed by atoms with Gasteiger partial charge in [0.15, 0.2) is 11.5 Å². The van der Waals surface area contributed by atoms with Gasteiger partial charge in [-0.15, -0.1) is 0 Å². The fourth-order valence-electron chi connectivity index (χ4n) is 1.06. The minimum atomic E-state index is -0.464. The zero-order chi connectivity index (χ0) is 10.7. The van der Waals surface area contributed by atoms with Crippen molar-refractivity contribution in [3.63, 3.8) is 0 Å². The first-order chi connectivity index (χ1) is 6.50. The van der Waals surface area contributed by atoms with Crippen molar-refractivity contribution in [3.05, 3.63) is 23.8 Å². The van der Waals surface area contributed by atoms with Crippen molar-refractivity contribution in [2.45, 2.75) is 19.9 Å². The molecule has 0 amide bonds. The summed E-state index contributed by atoms with van der Waals surface area (Å²) in [6.45, 7) is 3.08. The Labute approximate surface area is 82.3 Å². The molecule has 0 unspecified atom stereocenters. The molecule has 0 aromatic heterocycles. The lowest BCUT2D eigenvalue weighted by Crippen LogP contribution is -2.06. The predicted molar refractivity (Wildman–Crippen MR) is 52.0 cm³/mol. The van der Waals surface area contributed by atoms with E-state index in [1.54, 1.807) is 13.0 Å². The molecule has 0 heterocycles. The summed E-state index contributed by atoms with van der Waals surface area (Å²) in [6.07, 6.45) is 0. The zero-order valence-electron chi connectivity index (χ0n) is 8.15. The highest BCUT2D eigenvalue weighted by Crippen LogP contribution is 2.28. The van der Waals surface area contributed by atoms with Gasteiger partial charge in [-0.25, -0.2) is 0 Å². The molecular weight excluding hydrogens is 182 g/mol. The Hall–Kier alpha value is -1.55. The topological polar surface area (TPSA) is 72.5 Å². The summed E-state index contributed by atoms with van der Waals surface area (Å²) in [4.78, 5) is 10.6. The summed E-state index contributed by atoms with van der Waals surface area (Å²) in [7, 11) is 0. The molecule has 76 valence electrons. The second-order valence-electron chi connectivity index (χ2n) is 3.11. The van der Waals surface area contributed by atoms with Crippen molar-refractivity contribution >= 4 is 5.97 Å². The maximum atomic E-state index is 10.6. The largest absolute Gasteiger partial charge is 0.504 e. The number of esters is 1. The van der Waals surface area contributed by atoms with Crippen LogP contribution >= 0.6 is 0 Å². The zero-order valence-corrected chi connectivity index (χ0v) is 8.15. The van der Waals surface area contributed by atoms with Gasteiger partial charge in [0.05, 0.1) is 0 Å². The van der Waals surface area contributed by atoms with Gasteiger partial charge in [-0.2, -0.15) is 0 Å². The monoisotopic (exact) mass is 195 g/mol. The van der Waals surface area contributed by atoms with E-state index < -0.39 is 5.97 Å². The molecule has 0 aliphatic heterocycles. The molecule has 0 spiro atoms. The lowest BCUT2D eigenvalue weighted by atomic mass is 10.1. The third kappa shape index (κ3) is 2.47. The summed E-state index contributed by atoms with van der Waals surface area (Å²) in [5.74, 6) is -0.384. The summed E-state index contributed by atoms with van der Waals surface area (Å²) >= 11 is 0. The SMILES string of the molecule is CC(=O)Oc1ccc([C@H](C)N)cc1O. The van der Waals surface area contributed by atoms with Crippen LogP contribution in [-0.4, -0.2) is 11.1 Å². The number of benzene rings is 1. The summed E-state index contributed by atoms with van der Waals surface area (Å²) in [5, 5.41) is 9.46. The molecule has 4 heteroatoms. The van der Waals surface area contributed by atoms with Gasteiger partial charge in [0.1, 0.15) is 0 Å².